The lowest BCUT2D eigenvalue weighted by Crippen LogP contribution is -2.31. The summed E-state index contributed by atoms with van der Waals surface area (Å²) in [6, 6.07) is 7.29. The van der Waals surface area contributed by atoms with Gasteiger partial charge in [-0.25, -0.2) is 0 Å². The molecule has 0 bridgehead atoms. The van der Waals surface area contributed by atoms with E-state index in [4.69, 9.17) is 4.74 Å². The number of benzene rings is 1. The standard InChI is InChI=1S/C16H25N3O3/c1-3-5-15(20)19-14-8-6-13(7-9-14)18-12-16(21)17-10-4-11-22-2/h6-9,18H,3-5,10-12H2,1-2H3,(H,17,21)(H,19,20). The van der Waals surface area contributed by atoms with Crippen molar-refractivity contribution in [3.05, 3.63) is 24.3 Å². The topological polar surface area (TPSA) is 79.5 Å². The van der Waals surface area contributed by atoms with Crippen LogP contribution < -0.4 is 16.0 Å². The second kappa shape index (κ2) is 10.6. The fourth-order valence-electron chi connectivity index (χ4n) is 1.81. The normalized spacial score (nSPS) is 10.1. The number of methoxy groups -OCH3 is 1. The molecule has 0 aromatic heterocycles. The van der Waals surface area contributed by atoms with Crippen LogP contribution in [0.2, 0.25) is 0 Å². The second-order valence-electron chi connectivity index (χ2n) is 4.93. The smallest absolute Gasteiger partial charge is 0.239 e. The van der Waals surface area contributed by atoms with E-state index in [1.807, 2.05) is 31.2 Å². The summed E-state index contributed by atoms with van der Waals surface area (Å²) < 4.78 is 4.91. The highest BCUT2D eigenvalue weighted by atomic mass is 16.5. The van der Waals surface area contributed by atoms with Crippen LogP contribution in [0, 0.1) is 0 Å². The lowest BCUT2D eigenvalue weighted by Gasteiger charge is -2.09. The predicted molar refractivity (Wildman–Crippen MR) is 88.0 cm³/mol. The molecular weight excluding hydrogens is 282 g/mol. The van der Waals surface area contributed by atoms with Crippen molar-refractivity contribution >= 4 is 23.2 Å². The summed E-state index contributed by atoms with van der Waals surface area (Å²) in [6.07, 6.45) is 2.14. The molecule has 0 aliphatic carbocycles. The molecule has 1 aromatic rings. The molecule has 1 rings (SSSR count). The summed E-state index contributed by atoms with van der Waals surface area (Å²) in [6.45, 7) is 3.43. The monoisotopic (exact) mass is 307 g/mol. The number of ether oxygens (including phenoxy) is 1. The maximum absolute atomic E-state index is 11.6. The van der Waals surface area contributed by atoms with E-state index in [-0.39, 0.29) is 18.4 Å². The summed E-state index contributed by atoms with van der Waals surface area (Å²) in [5.74, 6) is -0.0462. The Balaban J connectivity index is 2.29. The summed E-state index contributed by atoms with van der Waals surface area (Å²) in [5, 5.41) is 8.65. The van der Waals surface area contributed by atoms with E-state index in [1.165, 1.54) is 0 Å². The van der Waals surface area contributed by atoms with Gasteiger partial charge in [-0.3, -0.25) is 9.59 Å². The number of amides is 2. The number of anilines is 2. The lowest BCUT2D eigenvalue weighted by molar-refractivity contribution is -0.119. The van der Waals surface area contributed by atoms with E-state index in [2.05, 4.69) is 16.0 Å². The molecule has 6 nitrogen and oxygen atoms in total. The van der Waals surface area contributed by atoms with Gasteiger partial charge < -0.3 is 20.7 Å². The lowest BCUT2D eigenvalue weighted by atomic mass is 10.2. The Morgan fingerprint density at radius 3 is 2.41 bits per heavy atom. The van der Waals surface area contributed by atoms with Crippen molar-refractivity contribution in [3.8, 4) is 0 Å². The van der Waals surface area contributed by atoms with Crippen LogP contribution in [0.15, 0.2) is 24.3 Å². The summed E-state index contributed by atoms with van der Waals surface area (Å²) >= 11 is 0. The molecule has 0 spiro atoms. The molecule has 6 heteroatoms. The average Bonchev–Trinajstić information content (AvgIpc) is 2.51. The molecule has 2 amide bonds. The van der Waals surface area contributed by atoms with Gasteiger partial charge in [0, 0.05) is 38.1 Å². The first kappa shape index (κ1) is 18.0. The molecule has 0 saturated heterocycles. The predicted octanol–water partition coefficient (Wildman–Crippen LogP) is 1.99. The summed E-state index contributed by atoms with van der Waals surface area (Å²) in [5.41, 5.74) is 1.59. The van der Waals surface area contributed by atoms with Gasteiger partial charge in [0.2, 0.25) is 11.8 Å². The van der Waals surface area contributed by atoms with Gasteiger partial charge in [0.1, 0.15) is 0 Å². The molecule has 3 N–H and O–H groups in total. The van der Waals surface area contributed by atoms with Crippen molar-refractivity contribution in [3.63, 3.8) is 0 Å². The molecule has 0 unspecified atom stereocenters. The van der Waals surface area contributed by atoms with Crippen LogP contribution in [0.3, 0.4) is 0 Å². The first-order valence-corrected chi connectivity index (χ1v) is 7.55. The first-order chi connectivity index (χ1) is 10.7. The Hall–Kier alpha value is -2.08. The second-order valence-corrected chi connectivity index (χ2v) is 4.93. The fraction of sp³-hybridized carbons (Fsp3) is 0.500. The quantitative estimate of drug-likeness (QED) is 0.578. The maximum Gasteiger partial charge on any atom is 0.239 e. The fourth-order valence-corrected chi connectivity index (χ4v) is 1.81. The molecule has 0 aliphatic rings. The average molecular weight is 307 g/mol. The number of hydrogen-bond acceptors (Lipinski definition) is 4. The molecule has 0 heterocycles. The zero-order chi connectivity index (χ0) is 16.2. The third-order valence-electron chi connectivity index (χ3n) is 2.95. The van der Waals surface area contributed by atoms with Crippen molar-refractivity contribution in [2.75, 3.05) is 37.4 Å². The third kappa shape index (κ3) is 7.64. The molecule has 1 aromatic carbocycles. The van der Waals surface area contributed by atoms with E-state index in [0.717, 1.165) is 24.2 Å². The minimum Gasteiger partial charge on any atom is -0.385 e. The van der Waals surface area contributed by atoms with Gasteiger partial charge in [-0.2, -0.15) is 0 Å². The first-order valence-electron chi connectivity index (χ1n) is 7.55. The van der Waals surface area contributed by atoms with E-state index >= 15 is 0 Å². The zero-order valence-electron chi connectivity index (χ0n) is 13.3. The Morgan fingerprint density at radius 2 is 1.77 bits per heavy atom. The zero-order valence-corrected chi connectivity index (χ0v) is 13.3. The van der Waals surface area contributed by atoms with E-state index < -0.39 is 0 Å². The largest absolute Gasteiger partial charge is 0.385 e. The van der Waals surface area contributed by atoms with Gasteiger partial charge in [0.05, 0.1) is 6.54 Å². The SMILES string of the molecule is CCCC(=O)Nc1ccc(NCC(=O)NCCCOC)cc1. The maximum atomic E-state index is 11.6. The van der Waals surface area contributed by atoms with Gasteiger partial charge >= 0.3 is 0 Å². The number of hydrogen-bond donors (Lipinski definition) is 3. The van der Waals surface area contributed by atoms with Crippen LogP contribution in [0.25, 0.3) is 0 Å². The van der Waals surface area contributed by atoms with Crippen LogP contribution in [0.1, 0.15) is 26.2 Å². The van der Waals surface area contributed by atoms with Crippen molar-refractivity contribution in [2.24, 2.45) is 0 Å². The minimum absolute atomic E-state index is 0.0126. The highest BCUT2D eigenvalue weighted by Gasteiger charge is 2.02. The van der Waals surface area contributed by atoms with E-state index in [0.29, 0.717) is 19.6 Å². The minimum atomic E-state index is -0.0589. The summed E-state index contributed by atoms with van der Waals surface area (Å²) in [7, 11) is 1.64. The number of nitrogens with one attached hydrogen (secondary N) is 3. The summed E-state index contributed by atoms with van der Waals surface area (Å²) in [4.78, 5) is 23.1. The Kier molecular flexibility index (Phi) is 8.67. The Bertz CT molecular complexity index is 460. The van der Waals surface area contributed by atoms with Gasteiger partial charge in [0.15, 0.2) is 0 Å². The third-order valence-corrected chi connectivity index (χ3v) is 2.95. The van der Waals surface area contributed by atoms with Crippen molar-refractivity contribution < 1.29 is 14.3 Å². The van der Waals surface area contributed by atoms with E-state index in [9.17, 15) is 9.59 Å². The molecule has 0 aliphatic heterocycles. The van der Waals surface area contributed by atoms with Gasteiger partial charge in [0.25, 0.3) is 0 Å². The Labute approximate surface area is 131 Å². The molecule has 122 valence electrons. The van der Waals surface area contributed by atoms with Crippen LogP contribution in [-0.2, 0) is 14.3 Å². The number of carbonyl (C=O) groups excluding carboxylic acids is 2. The molecule has 22 heavy (non-hydrogen) atoms. The molecule has 0 saturated carbocycles. The van der Waals surface area contributed by atoms with Gasteiger partial charge in [-0.1, -0.05) is 6.92 Å². The highest BCUT2D eigenvalue weighted by molar-refractivity contribution is 5.90. The Morgan fingerprint density at radius 1 is 1.09 bits per heavy atom. The van der Waals surface area contributed by atoms with Crippen molar-refractivity contribution in [1.29, 1.82) is 0 Å². The van der Waals surface area contributed by atoms with Crippen molar-refractivity contribution in [1.82, 2.24) is 5.32 Å². The van der Waals surface area contributed by atoms with Gasteiger partial charge in [-0.05, 0) is 37.1 Å². The van der Waals surface area contributed by atoms with Crippen LogP contribution in [0.5, 0.6) is 0 Å². The molecule has 0 radical (unpaired) electrons. The van der Waals surface area contributed by atoms with E-state index in [1.54, 1.807) is 7.11 Å². The van der Waals surface area contributed by atoms with Crippen LogP contribution in [-0.4, -0.2) is 38.6 Å². The van der Waals surface area contributed by atoms with Crippen LogP contribution in [0.4, 0.5) is 11.4 Å². The van der Waals surface area contributed by atoms with Gasteiger partial charge in [-0.15, -0.1) is 0 Å². The number of carbonyl (C=O) groups is 2. The van der Waals surface area contributed by atoms with Crippen LogP contribution >= 0.6 is 0 Å². The number of rotatable bonds is 10. The van der Waals surface area contributed by atoms with Crippen molar-refractivity contribution in [2.45, 2.75) is 26.2 Å². The molecule has 0 fully saturated rings. The molecular formula is C16H25N3O3. The molecule has 0 atom stereocenters. The highest BCUT2D eigenvalue weighted by Crippen LogP contribution is 2.13.